The Morgan fingerprint density at radius 3 is 2.66 bits per heavy atom. The van der Waals surface area contributed by atoms with Crippen LogP contribution in [0.15, 0.2) is 54.9 Å². The fraction of sp³-hybridized carbons (Fsp3) is 0.269. The number of likely N-dealkylation sites (N-methyl/N-ethyl adjacent to an activating group) is 1. The Bertz CT molecular complexity index is 1170. The van der Waals surface area contributed by atoms with E-state index in [1.165, 1.54) is 4.90 Å². The van der Waals surface area contributed by atoms with E-state index in [0.717, 1.165) is 34.2 Å². The maximum absolute atomic E-state index is 13.3. The molecular weight excluding hydrogens is 402 g/mol. The number of fused-ring (bicyclic) bond motifs is 1. The summed E-state index contributed by atoms with van der Waals surface area (Å²) in [7, 11) is 1.69. The summed E-state index contributed by atoms with van der Waals surface area (Å²) in [6.45, 7) is 4.71. The lowest BCUT2D eigenvalue weighted by Crippen LogP contribution is -2.32. The van der Waals surface area contributed by atoms with Gasteiger partial charge in [0.15, 0.2) is 0 Å². The third kappa shape index (κ3) is 4.14. The van der Waals surface area contributed by atoms with Gasteiger partial charge in [0.25, 0.3) is 11.8 Å². The molecule has 0 bridgehead atoms. The number of carbonyl (C=O) groups excluding carboxylic acids is 2. The molecule has 0 radical (unpaired) electrons. The van der Waals surface area contributed by atoms with Gasteiger partial charge in [-0.15, -0.1) is 0 Å². The van der Waals surface area contributed by atoms with Crippen LogP contribution in [-0.4, -0.2) is 46.9 Å². The minimum Gasteiger partial charge on any atom is -0.386 e. The Labute approximate surface area is 187 Å². The summed E-state index contributed by atoms with van der Waals surface area (Å²) in [5, 5.41) is 13.4. The van der Waals surface area contributed by atoms with Gasteiger partial charge in [-0.25, -0.2) is 0 Å². The highest BCUT2D eigenvalue weighted by Crippen LogP contribution is 2.33. The summed E-state index contributed by atoms with van der Waals surface area (Å²) in [5.41, 5.74) is 6.83. The highest BCUT2D eigenvalue weighted by molar-refractivity contribution is 6.00. The Kier molecular flexibility index (Phi) is 6.06. The SMILES string of the molecule is Cc1cc(C)c(-c2cccc3c2CCNC3=O)cc1C(=O)N(C)CC(O)c1cccnc1. The van der Waals surface area contributed by atoms with Crippen molar-refractivity contribution in [2.75, 3.05) is 20.1 Å². The molecule has 1 atom stereocenters. The van der Waals surface area contributed by atoms with E-state index in [-0.39, 0.29) is 18.4 Å². The van der Waals surface area contributed by atoms with Gasteiger partial charge >= 0.3 is 0 Å². The number of pyridine rings is 1. The largest absolute Gasteiger partial charge is 0.386 e. The Morgan fingerprint density at radius 1 is 1.12 bits per heavy atom. The second-order valence-electron chi connectivity index (χ2n) is 8.31. The van der Waals surface area contributed by atoms with Gasteiger partial charge in [-0.2, -0.15) is 0 Å². The molecule has 2 heterocycles. The van der Waals surface area contributed by atoms with Crippen molar-refractivity contribution < 1.29 is 14.7 Å². The van der Waals surface area contributed by atoms with Crippen LogP contribution in [0.1, 0.15) is 49.1 Å². The maximum Gasteiger partial charge on any atom is 0.253 e. The van der Waals surface area contributed by atoms with E-state index in [9.17, 15) is 14.7 Å². The fourth-order valence-corrected chi connectivity index (χ4v) is 4.32. The summed E-state index contributed by atoms with van der Waals surface area (Å²) in [6.07, 6.45) is 3.19. The van der Waals surface area contributed by atoms with Gasteiger partial charge in [-0.3, -0.25) is 14.6 Å². The summed E-state index contributed by atoms with van der Waals surface area (Å²) >= 11 is 0. The second kappa shape index (κ2) is 8.93. The van der Waals surface area contributed by atoms with E-state index in [0.29, 0.717) is 23.2 Å². The molecular formula is C26H27N3O3. The predicted octanol–water partition coefficient (Wildman–Crippen LogP) is 3.46. The van der Waals surface area contributed by atoms with Gasteiger partial charge in [0, 0.05) is 42.7 Å². The van der Waals surface area contributed by atoms with Crippen LogP contribution >= 0.6 is 0 Å². The van der Waals surface area contributed by atoms with Gasteiger partial charge in [-0.1, -0.05) is 24.3 Å². The first kappa shape index (κ1) is 21.7. The molecule has 3 aromatic rings. The number of hydrogen-bond acceptors (Lipinski definition) is 4. The number of aliphatic hydroxyl groups is 1. The summed E-state index contributed by atoms with van der Waals surface area (Å²) < 4.78 is 0. The molecule has 164 valence electrons. The van der Waals surface area contributed by atoms with Gasteiger partial charge in [0.05, 0.1) is 12.6 Å². The van der Waals surface area contributed by atoms with Crippen LogP contribution < -0.4 is 5.32 Å². The summed E-state index contributed by atoms with van der Waals surface area (Å²) in [6, 6.07) is 13.2. The van der Waals surface area contributed by atoms with Crippen LogP contribution in [0.2, 0.25) is 0 Å². The van der Waals surface area contributed by atoms with Gasteiger partial charge in [0.2, 0.25) is 0 Å². The number of benzene rings is 2. The first-order chi connectivity index (χ1) is 15.4. The molecule has 32 heavy (non-hydrogen) atoms. The molecule has 0 saturated carbocycles. The van der Waals surface area contributed by atoms with Crippen LogP contribution in [0.4, 0.5) is 0 Å². The standard InChI is InChI=1S/C26H27N3O3/c1-16-12-17(2)23(26(32)29(3)15-24(30)18-6-5-10-27-14-18)13-22(16)19-7-4-8-21-20(19)9-11-28-25(21)31/h4-8,10,12-14,24,30H,9,11,15H2,1-3H3,(H,28,31). The van der Waals surface area contributed by atoms with Gasteiger partial charge in [0.1, 0.15) is 0 Å². The highest BCUT2D eigenvalue weighted by Gasteiger charge is 2.23. The second-order valence-corrected chi connectivity index (χ2v) is 8.31. The monoisotopic (exact) mass is 429 g/mol. The van der Waals surface area contributed by atoms with Crippen LogP contribution in [0.5, 0.6) is 0 Å². The molecule has 1 aliphatic heterocycles. The van der Waals surface area contributed by atoms with Gasteiger partial charge < -0.3 is 15.3 Å². The van der Waals surface area contributed by atoms with Crippen molar-refractivity contribution in [3.05, 3.63) is 88.2 Å². The predicted molar refractivity (Wildman–Crippen MR) is 124 cm³/mol. The minimum absolute atomic E-state index is 0.0571. The number of nitrogens with zero attached hydrogens (tertiary/aromatic N) is 2. The molecule has 2 aromatic carbocycles. The van der Waals surface area contributed by atoms with Crippen LogP contribution in [-0.2, 0) is 6.42 Å². The average molecular weight is 430 g/mol. The number of aryl methyl sites for hydroxylation is 2. The zero-order valence-corrected chi connectivity index (χ0v) is 18.6. The number of rotatable bonds is 5. The zero-order valence-electron chi connectivity index (χ0n) is 18.6. The lowest BCUT2D eigenvalue weighted by molar-refractivity contribution is 0.0680. The van der Waals surface area contributed by atoms with Crippen molar-refractivity contribution >= 4 is 11.8 Å². The topological polar surface area (TPSA) is 82.5 Å². The van der Waals surface area contributed by atoms with Crippen LogP contribution in [0.3, 0.4) is 0 Å². The molecule has 1 aromatic heterocycles. The quantitative estimate of drug-likeness (QED) is 0.651. The number of nitrogens with one attached hydrogen (secondary N) is 1. The number of aromatic nitrogens is 1. The first-order valence-electron chi connectivity index (χ1n) is 10.7. The molecule has 0 spiro atoms. The van der Waals surface area contributed by atoms with E-state index in [4.69, 9.17) is 0 Å². The number of aliphatic hydroxyl groups excluding tert-OH is 1. The van der Waals surface area contributed by atoms with Crippen LogP contribution in [0.25, 0.3) is 11.1 Å². The first-order valence-corrected chi connectivity index (χ1v) is 10.7. The molecule has 4 rings (SSSR count). The molecule has 1 aliphatic rings. The van der Waals surface area contributed by atoms with Crippen molar-refractivity contribution in [3.8, 4) is 11.1 Å². The van der Waals surface area contributed by atoms with E-state index in [1.54, 1.807) is 31.6 Å². The fourth-order valence-electron chi connectivity index (χ4n) is 4.32. The Hall–Kier alpha value is -3.51. The van der Waals surface area contributed by atoms with Crippen molar-refractivity contribution in [3.63, 3.8) is 0 Å². The van der Waals surface area contributed by atoms with Crippen molar-refractivity contribution in [1.29, 1.82) is 0 Å². The molecule has 6 nitrogen and oxygen atoms in total. The van der Waals surface area contributed by atoms with E-state index in [1.807, 2.05) is 44.2 Å². The maximum atomic E-state index is 13.3. The molecule has 0 saturated heterocycles. The number of amides is 2. The molecule has 1 unspecified atom stereocenters. The Morgan fingerprint density at radius 2 is 1.91 bits per heavy atom. The van der Waals surface area contributed by atoms with Crippen LogP contribution in [0, 0.1) is 13.8 Å². The average Bonchev–Trinajstić information content (AvgIpc) is 2.79. The molecule has 0 aliphatic carbocycles. The van der Waals surface area contributed by atoms with E-state index in [2.05, 4.69) is 10.3 Å². The third-order valence-electron chi connectivity index (χ3n) is 6.04. The molecule has 2 N–H and O–H groups in total. The molecule has 2 amide bonds. The van der Waals surface area contributed by atoms with E-state index >= 15 is 0 Å². The zero-order chi connectivity index (χ0) is 22.8. The van der Waals surface area contributed by atoms with Crippen molar-refractivity contribution in [2.45, 2.75) is 26.4 Å². The molecule has 6 heteroatoms. The van der Waals surface area contributed by atoms with E-state index < -0.39 is 6.10 Å². The normalized spacial score (nSPS) is 13.8. The lowest BCUT2D eigenvalue weighted by atomic mass is 9.87. The smallest absolute Gasteiger partial charge is 0.253 e. The lowest BCUT2D eigenvalue weighted by Gasteiger charge is -2.24. The third-order valence-corrected chi connectivity index (χ3v) is 6.04. The summed E-state index contributed by atoms with van der Waals surface area (Å²) in [5.74, 6) is -0.215. The summed E-state index contributed by atoms with van der Waals surface area (Å²) in [4.78, 5) is 31.2. The minimum atomic E-state index is -0.817. The number of carbonyl (C=O) groups is 2. The van der Waals surface area contributed by atoms with Crippen molar-refractivity contribution in [2.24, 2.45) is 0 Å². The van der Waals surface area contributed by atoms with Crippen molar-refractivity contribution in [1.82, 2.24) is 15.2 Å². The van der Waals surface area contributed by atoms with Gasteiger partial charge in [-0.05, 0) is 66.3 Å². The number of hydrogen-bond donors (Lipinski definition) is 2. The molecule has 0 fully saturated rings. The highest BCUT2D eigenvalue weighted by atomic mass is 16.3. The Balaban J connectivity index is 1.67.